The zero-order valence-corrected chi connectivity index (χ0v) is 11.7. The van der Waals surface area contributed by atoms with Gasteiger partial charge >= 0.3 is 0 Å². The number of nitrogens with zero attached hydrogens (tertiary/aromatic N) is 3. The lowest BCUT2D eigenvalue weighted by atomic mass is 10.3. The predicted molar refractivity (Wildman–Crippen MR) is 74.9 cm³/mol. The summed E-state index contributed by atoms with van der Waals surface area (Å²) in [5.74, 6) is 0.598. The van der Waals surface area contributed by atoms with Crippen LogP contribution in [0.3, 0.4) is 0 Å². The van der Waals surface area contributed by atoms with Crippen LogP contribution < -0.4 is 5.32 Å². The van der Waals surface area contributed by atoms with Crippen LogP contribution in [0.2, 0.25) is 0 Å². The maximum atomic E-state index is 11.9. The van der Waals surface area contributed by atoms with E-state index in [1.165, 1.54) is 0 Å². The van der Waals surface area contributed by atoms with E-state index in [9.17, 15) is 4.79 Å². The molecule has 0 aliphatic rings. The van der Waals surface area contributed by atoms with Crippen LogP contribution in [0.5, 0.6) is 0 Å². The van der Waals surface area contributed by atoms with Crippen LogP contribution >= 0.6 is 0 Å². The van der Waals surface area contributed by atoms with Gasteiger partial charge in [0.2, 0.25) is 5.82 Å². The molecule has 106 valence electrons. The molecule has 1 aromatic carbocycles. The van der Waals surface area contributed by atoms with Crippen LogP contribution in [0.1, 0.15) is 22.9 Å². The van der Waals surface area contributed by atoms with E-state index in [0.717, 1.165) is 12.1 Å². The molecule has 1 aromatic heterocycles. The van der Waals surface area contributed by atoms with Crippen LogP contribution in [0, 0.1) is 6.92 Å². The number of carbonyl (C=O) groups is 1. The van der Waals surface area contributed by atoms with Crippen LogP contribution in [-0.2, 0) is 4.74 Å². The minimum absolute atomic E-state index is 0.184. The van der Waals surface area contributed by atoms with Gasteiger partial charge in [0.25, 0.3) is 5.91 Å². The summed E-state index contributed by atoms with van der Waals surface area (Å²) < 4.78 is 6.58. The molecular formula is C14H18N4O2. The molecule has 0 unspecified atom stereocenters. The number of para-hydroxylation sites is 1. The number of rotatable bonds is 6. The largest absolute Gasteiger partial charge is 0.385 e. The SMILES string of the molecule is COCCCNC(=O)c1nc(C)n(-c2ccccc2)n1. The van der Waals surface area contributed by atoms with Gasteiger partial charge in [-0.2, -0.15) is 0 Å². The topological polar surface area (TPSA) is 69.0 Å². The van der Waals surface area contributed by atoms with Gasteiger partial charge in [0.05, 0.1) is 5.69 Å². The first-order valence-electron chi connectivity index (χ1n) is 6.48. The van der Waals surface area contributed by atoms with Crippen LogP contribution in [0.4, 0.5) is 0 Å². The standard InChI is InChI=1S/C14H18N4O2/c1-11-16-13(14(19)15-9-6-10-20-2)17-18(11)12-7-4-3-5-8-12/h3-5,7-8H,6,9-10H2,1-2H3,(H,15,19). The number of methoxy groups -OCH3 is 1. The minimum atomic E-state index is -0.265. The number of hydrogen-bond acceptors (Lipinski definition) is 4. The molecule has 0 aliphatic carbocycles. The lowest BCUT2D eigenvalue weighted by molar-refractivity contribution is 0.0938. The van der Waals surface area contributed by atoms with E-state index in [1.54, 1.807) is 11.8 Å². The number of aromatic nitrogens is 3. The highest BCUT2D eigenvalue weighted by Gasteiger charge is 2.14. The molecule has 0 saturated carbocycles. The molecule has 0 saturated heterocycles. The van der Waals surface area contributed by atoms with E-state index in [0.29, 0.717) is 19.0 Å². The Morgan fingerprint density at radius 3 is 2.80 bits per heavy atom. The van der Waals surface area contributed by atoms with Gasteiger partial charge in [-0.25, -0.2) is 9.67 Å². The van der Waals surface area contributed by atoms with Crippen molar-refractivity contribution in [3.05, 3.63) is 42.0 Å². The van der Waals surface area contributed by atoms with Gasteiger partial charge in [0, 0.05) is 20.3 Å². The van der Waals surface area contributed by atoms with Gasteiger partial charge < -0.3 is 10.1 Å². The molecule has 6 heteroatoms. The Morgan fingerprint density at radius 2 is 2.10 bits per heavy atom. The van der Waals surface area contributed by atoms with E-state index in [4.69, 9.17) is 4.74 Å². The minimum Gasteiger partial charge on any atom is -0.385 e. The Labute approximate surface area is 117 Å². The summed E-state index contributed by atoms with van der Waals surface area (Å²) in [6.07, 6.45) is 0.764. The molecule has 0 radical (unpaired) electrons. The van der Waals surface area contributed by atoms with Crippen molar-refractivity contribution >= 4 is 5.91 Å². The number of ether oxygens (including phenoxy) is 1. The molecule has 2 aromatic rings. The lowest BCUT2D eigenvalue weighted by Crippen LogP contribution is -2.26. The number of amides is 1. The molecule has 20 heavy (non-hydrogen) atoms. The first kappa shape index (κ1) is 14.2. The lowest BCUT2D eigenvalue weighted by Gasteiger charge is -2.02. The fourth-order valence-corrected chi connectivity index (χ4v) is 1.80. The maximum Gasteiger partial charge on any atom is 0.290 e. The highest BCUT2D eigenvalue weighted by Crippen LogP contribution is 2.08. The molecule has 6 nitrogen and oxygen atoms in total. The average Bonchev–Trinajstić information content (AvgIpc) is 2.86. The van der Waals surface area contributed by atoms with Crippen molar-refractivity contribution in [1.29, 1.82) is 0 Å². The van der Waals surface area contributed by atoms with E-state index >= 15 is 0 Å². The zero-order valence-electron chi connectivity index (χ0n) is 11.7. The van der Waals surface area contributed by atoms with Gasteiger partial charge in [0.1, 0.15) is 5.82 Å². The monoisotopic (exact) mass is 274 g/mol. The number of nitrogens with one attached hydrogen (secondary N) is 1. The normalized spacial score (nSPS) is 10.5. The Morgan fingerprint density at radius 1 is 1.35 bits per heavy atom. The fraction of sp³-hybridized carbons (Fsp3) is 0.357. The molecule has 0 aliphatic heterocycles. The first-order valence-corrected chi connectivity index (χ1v) is 6.48. The third kappa shape index (κ3) is 3.42. The van der Waals surface area contributed by atoms with E-state index in [1.807, 2.05) is 37.3 Å². The maximum absolute atomic E-state index is 11.9. The number of carbonyl (C=O) groups excluding carboxylic acids is 1. The van der Waals surface area contributed by atoms with Crippen LogP contribution in [0.25, 0.3) is 5.69 Å². The second kappa shape index (κ2) is 6.81. The molecule has 2 rings (SSSR count). The van der Waals surface area contributed by atoms with Gasteiger partial charge in [0.15, 0.2) is 0 Å². The van der Waals surface area contributed by atoms with Crippen molar-refractivity contribution in [1.82, 2.24) is 20.1 Å². The molecule has 1 amide bonds. The Kier molecular flexibility index (Phi) is 4.84. The summed E-state index contributed by atoms with van der Waals surface area (Å²) in [6, 6.07) is 9.60. The van der Waals surface area contributed by atoms with Gasteiger partial charge in [-0.15, -0.1) is 5.10 Å². The summed E-state index contributed by atoms with van der Waals surface area (Å²) in [4.78, 5) is 16.1. The van der Waals surface area contributed by atoms with Crippen LogP contribution in [-0.4, -0.2) is 40.9 Å². The molecular weight excluding hydrogens is 256 g/mol. The van der Waals surface area contributed by atoms with Crippen molar-refractivity contribution in [2.45, 2.75) is 13.3 Å². The second-order valence-electron chi connectivity index (χ2n) is 4.33. The van der Waals surface area contributed by atoms with Crippen molar-refractivity contribution in [2.75, 3.05) is 20.3 Å². The Bertz CT molecular complexity index is 566. The van der Waals surface area contributed by atoms with Crippen molar-refractivity contribution in [3.8, 4) is 5.69 Å². The highest BCUT2D eigenvalue weighted by molar-refractivity contribution is 5.90. The second-order valence-corrected chi connectivity index (χ2v) is 4.33. The molecule has 0 bridgehead atoms. The summed E-state index contributed by atoms with van der Waals surface area (Å²) >= 11 is 0. The van der Waals surface area contributed by atoms with Crippen molar-refractivity contribution in [2.24, 2.45) is 0 Å². The van der Waals surface area contributed by atoms with Crippen molar-refractivity contribution < 1.29 is 9.53 Å². The van der Waals surface area contributed by atoms with E-state index in [-0.39, 0.29) is 11.7 Å². The summed E-state index contributed by atoms with van der Waals surface area (Å²) in [5, 5.41) is 7.01. The fourth-order valence-electron chi connectivity index (χ4n) is 1.80. The third-order valence-corrected chi connectivity index (χ3v) is 2.78. The average molecular weight is 274 g/mol. The molecule has 1 N–H and O–H groups in total. The number of hydrogen-bond donors (Lipinski definition) is 1. The summed E-state index contributed by atoms with van der Waals surface area (Å²) in [5.41, 5.74) is 0.885. The van der Waals surface area contributed by atoms with Gasteiger partial charge in [-0.1, -0.05) is 18.2 Å². The van der Waals surface area contributed by atoms with Gasteiger partial charge in [-0.3, -0.25) is 4.79 Å². The summed E-state index contributed by atoms with van der Waals surface area (Å²) in [6.45, 7) is 2.98. The smallest absolute Gasteiger partial charge is 0.290 e. The highest BCUT2D eigenvalue weighted by atomic mass is 16.5. The molecule has 0 spiro atoms. The molecule has 0 fully saturated rings. The first-order chi connectivity index (χ1) is 9.72. The van der Waals surface area contributed by atoms with Gasteiger partial charge in [-0.05, 0) is 25.5 Å². The summed E-state index contributed by atoms with van der Waals surface area (Å²) in [7, 11) is 1.63. The molecule has 1 heterocycles. The Hall–Kier alpha value is -2.21. The predicted octanol–water partition coefficient (Wildman–Crippen LogP) is 1.34. The Balaban J connectivity index is 2.05. The zero-order chi connectivity index (χ0) is 14.4. The third-order valence-electron chi connectivity index (χ3n) is 2.78. The quantitative estimate of drug-likeness (QED) is 0.807. The number of benzene rings is 1. The van der Waals surface area contributed by atoms with E-state index < -0.39 is 0 Å². The number of aryl methyl sites for hydroxylation is 1. The van der Waals surface area contributed by atoms with Crippen LogP contribution in [0.15, 0.2) is 30.3 Å². The molecule has 0 atom stereocenters. The van der Waals surface area contributed by atoms with Crippen molar-refractivity contribution in [3.63, 3.8) is 0 Å². The van der Waals surface area contributed by atoms with E-state index in [2.05, 4.69) is 15.4 Å².